The van der Waals surface area contributed by atoms with Crippen molar-refractivity contribution < 1.29 is 0 Å². The Bertz CT molecular complexity index is 639. The van der Waals surface area contributed by atoms with E-state index in [1.54, 1.807) is 6.20 Å². The quantitative estimate of drug-likeness (QED) is 0.793. The Balaban J connectivity index is 2.28. The van der Waals surface area contributed by atoms with Crippen LogP contribution in [-0.2, 0) is 5.54 Å². The Morgan fingerprint density at radius 2 is 1.37 bits per heavy atom. The highest BCUT2D eigenvalue weighted by atomic mass is 15.2. The van der Waals surface area contributed by atoms with Crippen molar-refractivity contribution in [1.29, 1.82) is 5.26 Å². The zero-order chi connectivity index (χ0) is 13.1. The van der Waals surface area contributed by atoms with E-state index in [2.05, 4.69) is 16.3 Å². The Morgan fingerprint density at radius 1 is 0.842 bits per heavy atom. The van der Waals surface area contributed by atoms with Crippen LogP contribution in [0.3, 0.4) is 0 Å². The van der Waals surface area contributed by atoms with Crippen LogP contribution in [0.4, 0.5) is 0 Å². The van der Waals surface area contributed by atoms with Crippen molar-refractivity contribution in [2.45, 2.75) is 5.54 Å². The third-order valence-electron chi connectivity index (χ3n) is 3.29. The lowest BCUT2D eigenvalue weighted by Gasteiger charge is -2.26. The molecule has 3 rings (SSSR count). The van der Waals surface area contributed by atoms with Gasteiger partial charge in [0.2, 0.25) is 0 Å². The van der Waals surface area contributed by atoms with Crippen molar-refractivity contribution >= 4 is 0 Å². The fourth-order valence-electron chi connectivity index (χ4n) is 2.38. The first kappa shape index (κ1) is 11.4. The molecule has 1 heterocycles. The van der Waals surface area contributed by atoms with Crippen molar-refractivity contribution in [2.75, 3.05) is 0 Å². The molecular formula is C16H11N3. The lowest BCUT2D eigenvalue weighted by Crippen LogP contribution is -2.25. The molecule has 2 aromatic rings. The Kier molecular flexibility index (Phi) is 2.70. The summed E-state index contributed by atoms with van der Waals surface area (Å²) in [6.07, 6.45) is 1.54. The van der Waals surface area contributed by atoms with Crippen LogP contribution in [0.1, 0.15) is 11.1 Å². The molecule has 0 radical (unpaired) electrons. The SMILES string of the molecule is N#CC1=CN=NC1(c1ccccc1)c1ccccc1. The van der Waals surface area contributed by atoms with Crippen molar-refractivity contribution in [2.24, 2.45) is 10.2 Å². The number of rotatable bonds is 2. The molecule has 0 N–H and O–H groups in total. The summed E-state index contributed by atoms with van der Waals surface area (Å²) in [5.74, 6) is 0. The number of nitrogens with zero attached hydrogens (tertiary/aromatic N) is 3. The second-order valence-electron chi connectivity index (χ2n) is 4.31. The molecule has 0 amide bonds. The predicted octanol–water partition coefficient (Wildman–Crippen LogP) is 3.80. The highest BCUT2D eigenvalue weighted by molar-refractivity contribution is 5.53. The van der Waals surface area contributed by atoms with E-state index < -0.39 is 5.54 Å². The predicted molar refractivity (Wildman–Crippen MR) is 72.2 cm³/mol. The van der Waals surface area contributed by atoms with Gasteiger partial charge < -0.3 is 0 Å². The van der Waals surface area contributed by atoms with Gasteiger partial charge >= 0.3 is 0 Å². The summed E-state index contributed by atoms with van der Waals surface area (Å²) >= 11 is 0. The van der Waals surface area contributed by atoms with Crippen molar-refractivity contribution in [3.8, 4) is 6.07 Å². The van der Waals surface area contributed by atoms with Gasteiger partial charge in [0.1, 0.15) is 0 Å². The fraction of sp³-hybridized carbons (Fsp3) is 0.0625. The highest BCUT2D eigenvalue weighted by Gasteiger charge is 2.41. The first-order valence-electron chi connectivity index (χ1n) is 6.02. The number of benzene rings is 2. The van der Waals surface area contributed by atoms with Crippen LogP contribution in [0.5, 0.6) is 0 Å². The minimum Gasteiger partial charge on any atom is -0.193 e. The van der Waals surface area contributed by atoms with E-state index in [1.807, 2.05) is 60.7 Å². The first-order chi connectivity index (χ1) is 9.38. The molecule has 19 heavy (non-hydrogen) atoms. The topological polar surface area (TPSA) is 48.5 Å². The molecule has 0 fully saturated rings. The summed E-state index contributed by atoms with van der Waals surface area (Å²) < 4.78 is 0. The molecule has 0 aromatic heterocycles. The largest absolute Gasteiger partial charge is 0.193 e. The molecule has 0 unspecified atom stereocenters. The molecule has 2 aromatic carbocycles. The molecule has 0 saturated carbocycles. The zero-order valence-corrected chi connectivity index (χ0v) is 10.2. The molecule has 1 aliphatic rings. The average molecular weight is 245 g/mol. The molecular weight excluding hydrogens is 234 g/mol. The van der Waals surface area contributed by atoms with E-state index in [0.29, 0.717) is 5.57 Å². The maximum absolute atomic E-state index is 9.39. The smallest absolute Gasteiger partial charge is 0.168 e. The van der Waals surface area contributed by atoms with Gasteiger partial charge in [-0.3, -0.25) is 0 Å². The summed E-state index contributed by atoms with van der Waals surface area (Å²) in [6.45, 7) is 0. The molecule has 0 atom stereocenters. The van der Waals surface area contributed by atoms with Crippen LogP contribution >= 0.6 is 0 Å². The summed E-state index contributed by atoms with van der Waals surface area (Å²) in [7, 11) is 0. The molecule has 90 valence electrons. The van der Waals surface area contributed by atoms with Gasteiger partial charge in [-0.25, -0.2) is 0 Å². The summed E-state index contributed by atoms with van der Waals surface area (Å²) in [5.41, 5.74) is 1.66. The maximum Gasteiger partial charge on any atom is 0.168 e. The fourth-order valence-corrected chi connectivity index (χ4v) is 2.38. The Morgan fingerprint density at radius 3 is 1.84 bits per heavy atom. The highest BCUT2D eigenvalue weighted by Crippen LogP contribution is 2.43. The van der Waals surface area contributed by atoms with Crippen molar-refractivity contribution in [1.82, 2.24) is 0 Å². The standard InChI is InChI=1S/C16H11N3/c17-11-15-12-18-19-16(15,13-7-3-1-4-8-13)14-9-5-2-6-10-14/h1-10,12H. The van der Waals surface area contributed by atoms with Crippen molar-refractivity contribution in [3.63, 3.8) is 0 Å². The molecule has 0 bridgehead atoms. The van der Waals surface area contributed by atoms with Crippen LogP contribution < -0.4 is 0 Å². The monoisotopic (exact) mass is 245 g/mol. The van der Waals surface area contributed by atoms with Crippen molar-refractivity contribution in [3.05, 3.63) is 83.6 Å². The first-order valence-corrected chi connectivity index (χ1v) is 6.02. The molecule has 0 spiro atoms. The van der Waals surface area contributed by atoms with Gasteiger partial charge in [0.15, 0.2) is 5.54 Å². The zero-order valence-electron chi connectivity index (χ0n) is 10.2. The lowest BCUT2D eigenvalue weighted by atomic mass is 9.79. The lowest BCUT2D eigenvalue weighted by molar-refractivity contribution is 0.648. The Hall–Kier alpha value is -2.73. The average Bonchev–Trinajstić information content (AvgIpc) is 2.94. The molecule has 0 aliphatic carbocycles. The summed E-state index contributed by atoms with van der Waals surface area (Å²) in [6, 6.07) is 21.8. The van der Waals surface area contributed by atoms with Gasteiger partial charge in [0.25, 0.3) is 0 Å². The van der Waals surface area contributed by atoms with Gasteiger partial charge in [0.05, 0.1) is 17.8 Å². The van der Waals surface area contributed by atoms with E-state index in [-0.39, 0.29) is 0 Å². The number of nitriles is 1. The van der Waals surface area contributed by atoms with Gasteiger partial charge in [-0.15, -0.1) is 0 Å². The van der Waals surface area contributed by atoms with Crippen LogP contribution in [0, 0.1) is 11.3 Å². The Labute approximate surface area is 111 Å². The third-order valence-corrected chi connectivity index (χ3v) is 3.29. The number of hydrogen-bond donors (Lipinski definition) is 0. The number of hydrogen-bond acceptors (Lipinski definition) is 3. The van der Waals surface area contributed by atoms with E-state index in [9.17, 15) is 5.26 Å². The second kappa shape index (κ2) is 4.51. The minimum atomic E-state index is -0.794. The maximum atomic E-state index is 9.39. The van der Waals surface area contributed by atoms with Crippen LogP contribution in [0.2, 0.25) is 0 Å². The van der Waals surface area contributed by atoms with Crippen LogP contribution in [-0.4, -0.2) is 0 Å². The normalized spacial score (nSPS) is 15.8. The summed E-state index contributed by atoms with van der Waals surface area (Å²) in [5, 5.41) is 17.7. The molecule has 3 nitrogen and oxygen atoms in total. The van der Waals surface area contributed by atoms with Crippen LogP contribution in [0.25, 0.3) is 0 Å². The number of azo groups is 1. The van der Waals surface area contributed by atoms with E-state index in [0.717, 1.165) is 11.1 Å². The van der Waals surface area contributed by atoms with Gasteiger partial charge in [-0.05, 0) is 11.1 Å². The molecule has 3 heteroatoms. The van der Waals surface area contributed by atoms with E-state index in [4.69, 9.17) is 0 Å². The molecule has 0 saturated heterocycles. The van der Waals surface area contributed by atoms with E-state index >= 15 is 0 Å². The third kappa shape index (κ3) is 1.66. The van der Waals surface area contributed by atoms with Crippen LogP contribution in [0.15, 0.2) is 82.7 Å². The molecule has 1 aliphatic heterocycles. The summed E-state index contributed by atoms with van der Waals surface area (Å²) in [4.78, 5) is 0. The minimum absolute atomic E-state index is 0.546. The van der Waals surface area contributed by atoms with Gasteiger partial charge in [0, 0.05) is 0 Å². The van der Waals surface area contributed by atoms with E-state index in [1.165, 1.54) is 0 Å². The van der Waals surface area contributed by atoms with Gasteiger partial charge in [-0.1, -0.05) is 60.7 Å². The van der Waals surface area contributed by atoms with Gasteiger partial charge in [-0.2, -0.15) is 15.5 Å². The second-order valence-corrected chi connectivity index (χ2v) is 4.31.